The minimum absolute atomic E-state index is 0.0330. The highest BCUT2D eigenvalue weighted by molar-refractivity contribution is 6.27. The Kier molecular flexibility index (Phi) is 5.02. The van der Waals surface area contributed by atoms with Crippen LogP contribution in [-0.4, -0.2) is 34.9 Å². The summed E-state index contributed by atoms with van der Waals surface area (Å²) in [5, 5.41) is 9.04. The monoisotopic (exact) mass is 259 g/mol. The highest BCUT2D eigenvalue weighted by Crippen LogP contribution is 2.39. The van der Waals surface area contributed by atoms with Gasteiger partial charge >= 0.3 is 0 Å². The molecule has 1 unspecified atom stereocenters. The van der Waals surface area contributed by atoms with Gasteiger partial charge in [-0.2, -0.15) is 0 Å². The van der Waals surface area contributed by atoms with E-state index < -0.39 is 0 Å². The number of hydrogen-bond donors (Lipinski definition) is 1. The average molecular weight is 260 g/mol. The predicted octanol–water partition coefficient (Wildman–Crippen LogP) is 2.39. The minimum Gasteiger partial charge on any atom is -0.395 e. The lowest BCUT2D eigenvalue weighted by atomic mass is 9.75. The van der Waals surface area contributed by atoms with Crippen LogP contribution >= 0.6 is 11.6 Å². The Bertz CT molecular complexity index is 313. The molecule has 17 heavy (non-hydrogen) atoms. The number of rotatable bonds is 4. The lowest BCUT2D eigenvalue weighted by Crippen LogP contribution is -2.37. The van der Waals surface area contributed by atoms with Gasteiger partial charge in [0.1, 0.15) is 5.88 Å². The van der Waals surface area contributed by atoms with Crippen LogP contribution in [0, 0.1) is 11.3 Å². The first-order valence-corrected chi connectivity index (χ1v) is 6.61. The van der Waals surface area contributed by atoms with Crippen molar-refractivity contribution < 1.29 is 9.90 Å². The molecule has 0 bridgehead atoms. The average Bonchev–Trinajstić information content (AvgIpc) is 2.22. The summed E-state index contributed by atoms with van der Waals surface area (Å²) < 4.78 is 0. The fourth-order valence-electron chi connectivity index (χ4n) is 2.67. The van der Waals surface area contributed by atoms with E-state index in [1.165, 1.54) is 0 Å². The van der Waals surface area contributed by atoms with E-state index in [1.54, 1.807) is 4.90 Å². The van der Waals surface area contributed by atoms with E-state index in [-0.39, 0.29) is 23.8 Å². The molecule has 0 spiro atoms. The van der Waals surface area contributed by atoms with Crippen molar-refractivity contribution in [2.45, 2.75) is 33.6 Å². The summed E-state index contributed by atoms with van der Waals surface area (Å²) in [6.45, 7) is 6.87. The van der Waals surface area contributed by atoms with Crippen molar-refractivity contribution in [1.29, 1.82) is 0 Å². The molecule has 0 saturated heterocycles. The summed E-state index contributed by atoms with van der Waals surface area (Å²) in [7, 11) is 0. The van der Waals surface area contributed by atoms with Crippen LogP contribution in [0.15, 0.2) is 11.8 Å². The lowest BCUT2D eigenvalue weighted by Gasteiger charge is -2.37. The van der Waals surface area contributed by atoms with Gasteiger partial charge in [-0.1, -0.05) is 26.8 Å². The molecule has 98 valence electrons. The Hall–Kier alpha value is -0.540. The number of aliphatic hydroxyl groups is 1. The quantitative estimate of drug-likeness (QED) is 0.788. The summed E-state index contributed by atoms with van der Waals surface area (Å²) in [5.41, 5.74) is 1.21. The van der Waals surface area contributed by atoms with E-state index >= 15 is 0 Å². The van der Waals surface area contributed by atoms with E-state index in [1.807, 2.05) is 0 Å². The highest BCUT2D eigenvalue weighted by atomic mass is 35.5. The maximum atomic E-state index is 11.8. The topological polar surface area (TPSA) is 40.5 Å². The number of allylic oxidation sites excluding steroid dienone is 2. The van der Waals surface area contributed by atoms with Crippen molar-refractivity contribution in [2.24, 2.45) is 11.3 Å². The second-order valence-corrected chi connectivity index (χ2v) is 5.85. The van der Waals surface area contributed by atoms with Gasteiger partial charge in [-0.25, -0.2) is 0 Å². The molecule has 1 amide bonds. The molecule has 0 saturated carbocycles. The first-order valence-electron chi connectivity index (χ1n) is 6.07. The summed E-state index contributed by atoms with van der Waals surface area (Å²) in [6.07, 6.45) is 4.11. The van der Waals surface area contributed by atoms with Gasteiger partial charge in [0.2, 0.25) is 5.91 Å². The summed E-state index contributed by atoms with van der Waals surface area (Å²) in [6, 6.07) is 0. The number of hydrogen-bond acceptors (Lipinski definition) is 2. The van der Waals surface area contributed by atoms with Gasteiger partial charge in [-0.15, -0.1) is 11.6 Å². The molecule has 3 nitrogen and oxygen atoms in total. The second-order valence-electron chi connectivity index (χ2n) is 5.58. The molecule has 0 heterocycles. The Morgan fingerprint density at radius 1 is 1.65 bits per heavy atom. The van der Waals surface area contributed by atoms with Crippen LogP contribution in [0.4, 0.5) is 0 Å². The molecule has 4 heteroatoms. The zero-order chi connectivity index (χ0) is 13.1. The molecule has 1 atom stereocenters. The van der Waals surface area contributed by atoms with Crippen LogP contribution in [0.1, 0.15) is 33.6 Å². The maximum absolute atomic E-state index is 11.8. The van der Waals surface area contributed by atoms with Gasteiger partial charge in [-0.05, 0) is 24.2 Å². The van der Waals surface area contributed by atoms with Gasteiger partial charge in [-0.3, -0.25) is 4.79 Å². The summed E-state index contributed by atoms with van der Waals surface area (Å²) in [4.78, 5) is 13.4. The second kappa shape index (κ2) is 5.87. The Balaban J connectivity index is 2.90. The molecule has 0 aromatic heterocycles. The van der Waals surface area contributed by atoms with Crippen molar-refractivity contribution in [1.82, 2.24) is 4.90 Å². The van der Waals surface area contributed by atoms with Crippen molar-refractivity contribution in [3.8, 4) is 0 Å². The number of alkyl halides is 1. The number of nitrogens with zero attached hydrogens (tertiary/aromatic N) is 1. The SMILES string of the molecule is CC1C=C(N(CCO)C(=O)CCl)CC(C)(C)C1. The Morgan fingerprint density at radius 2 is 2.29 bits per heavy atom. The van der Waals surface area contributed by atoms with Crippen molar-refractivity contribution in [2.75, 3.05) is 19.0 Å². The van der Waals surface area contributed by atoms with Crippen molar-refractivity contribution in [3.05, 3.63) is 11.8 Å². The molecule has 1 aliphatic rings. The molecule has 0 aliphatic heterocycles. The van der Waals surface area contributed by atoms with E-state index in [4.69, 9.17) is 16.7 Å². The normalized spacial score (nSPS) is 23.1. The molecule has 1 N–H and O–H groups in total. The molecular formula is C13H22ClNO2. The van der Waals surface area contributed by atoms with Crippen LogP contribution in [0.25, 0.3) is 0 Å². The lowest BCUT2D eigenvalue weighted by molar-refractivity contribution is -0.127. The minimum atomic E-state index is -0.128. The maximum Gasteiger partial charge on any atom is 0.241 e. The molecule has 0 aromatic carbocycles. The smallest absolute Gasteiger partial charge is 0.241 e. The van der Waals surface area contributed by atoms with Crippen LogP contribution in [0.2, 0.25) is 0 Å². The van der Waals surface area contributed by atoms with Crippen LogP contribution < -0.4 is 0 Å². The zero-order valence-corrected chi connectivity index (χ0v) is 11.6. The first-order chi connectivity index (χ1) is 7.89. The highest BCUT2D eigenvalue weighted by Gasteiger charge is 2.30. The van der Waals surface area contributed by atoms with Crippen molar-refractivity contribution >= 4 is 17.5 Å². The van der Waals surface area contributed by atoms with E-state index in [0.29, 0.717) is 12.5 Å². The molecule has 0 aromatic rings. The molecular weight excluding hydrogens is 238 g/mol. The molecule has 0 fully saturated rings. The number of aliphatic hydroxyl groups excluding tert-OH is 1. The molecule has 0 radical (unpaired) electrons. The standard InChI is InChI=1S/C13H22ClNO2/c1-10-6-11(8-13(2,3)7-10)15(4-5-16)12(17)9-14/h6,10,16H,4-5,7-9H2,1-3H3. The van der Waals surface area contributed by atoms with Gasteiger partial charge in [0.25, 0.3) is 0 Å². The molecule has 1 aliphatic carbocycles. The number of carbonyl (C=O) groups is 1. The predicted molar refractivity (Wildman–Crippen MR) is 69.8 cm³/mol. The number of carbonyl (C=O) groups excluding carboxylic acids is 1. The number of amides is 1. The van der Waals surface area contributed by atoms with Crippen LogP contribution in [-0.2, 0) is 4.79 Å². The largest absolute Gasteiger partial charge is 0.395 e. The zero-order valence-electron chi connectivity index (χ0n) is 10.9. The Morgan fingerprint density at radius 3 is 2.76 bits per heavy atom. The number of halogens is 1. The van der Waals surface area contributed by atoms with Crippen LogP contribution in [0.3, 0.4) is 0 Å². The summed E-state index contributed by atoms with van der Waals surface area (Å²) >= 11 is 5.61. The van der Waals surface area contributed by atoms with Gasteiger partial charge in [0.05, 0.1) is 6.61 Å². The first kappa shape index (κ1) is 14.5. The van der Waals surface area contributed by atoms with Gasteiger partial charge < -0.3 is 10.0 Å². The molecule has 1 rings (SSSR count). The third-order valence-electron chi connectivity index (χ3n) is 3.10. The van der Waals surface area contributed by atoms with Crippen LogP contribution in [0.5, 0.6) is 0 Å². The third kappa shape index (κ3) is 4.00. The fraction of sp³-hybridized carbons (Fsp3) is 0.769. The fourth-order valence-corrected chi connectivity index (χ4v) is 2.81. The van der Waals surface area contributed by atoms with Gasteiger partial charge in [0, 0.05) is 12.2 Å². The summed E-state index contributed by atoms with van der Waals surface area (Å²) in [5.74, 6) is 0.293. The Labute approximate surface area is 108 Å². The van der Waals surface area contributed by atoms with E-state index in [9.17, 15) is 4.79 Å². The van der Waals surface area contributed by atoms with E-state index in [0.717, 1.165) is 18.5 Å². The van der Waals surface area contributed by atoms with Gasteiger partial charge in [0.15, 0.2) is 0 Å². The van der Waals surface area contributed by atoms with Crippen molar-refractivity contribution in [3.63, 3.8) is 0 Å². The third-order valence-corrected chi connectivity index (χ3v) is 3.33. The van der Waals surface area contributed by atoms with E-state index in [2.05, 4.69) is 26.8 Å².